The molecule has 0 bridgehead atoms. The van der Waals surface area contributed by atoms with Crippen molar-refractivity contribution in [2.24, 2.45) is 17.4 Å². The fourth-order valence-corrected chi connectivity index (χ4v) is 4.26. The summed E-state index contributed by atoms with van der Waals surface area (Å²) >= 11 is 0. The zero-order valence-corrected chi connectivity index (χ0v) is 18.4. The SMILES string of the molecule is CC(C)Cn1ccc2c(Nc3nc(NC4CCCCC4N)c(F)cc3C(N)=O)ccnc21. The fourth-order valence-electron chi connectivity index (χ4n) is 4.26. The molecule has 32 heavy (non-hydrogen) atoms. The number of nitrogens with two attached hydrogens (primary N) is 2. The van der Waals surface area contributed by atoms with Crippen LogP contribution in [0.25, 0.3) is 11.0 Å². The van der Waals surface area contributed by atoms with E-state index in [0.717, 1.165) is 49.3 Å². The van der Waals surface area contributed by atoms with Gasteiger partial charge < -0.3 is 26.7 Å². The predicted octanol–water partition coefficient (Wildman–Crippen LogP) is 3.75. The number of anilines is 3. The van der Waals surface area contributed by atoms with Crippen molar-refractivity contribution in [2.45, 2.75) is 58.2 Å². The smallest absolute Gasteiger partial charge is 0.252 e. The number of hydrogen-bond donors (Lipinski definition) is 4. The summed E-state index contributed by atoms with van der Waals surface area (Å²) in [7, 11) is 0. The predicted molar refractivity (Wildman–Crippen MR) is 124 cm³/mol. The van der Waals surface area contributed by atoms with Gasteiger partial charge in [-0.25, -0.2) is 14.4 Å². The van der Waals surface area contributed by atoms with Crippen molar-refractivity contribution in [1.29, 1.82) is 0 Å². The van der Waals surface area contributed by atoms with Crippen molar-refractivity contribution in [3.63, 3.8) is 0 Å². The van der Waals surface area contributed by atoms with Crippen LogP contribution in [0.3, 0.4) is 0 Å². The maximum atomic E-state index is 14.8. The molecule has 0 saturated heterocycles. The van der Waals surface area contributed by atoms with Crippen molar-refractivity contribution < 1.29 is 9.18 Å². The molecule has 2 atom stereocenters. The molecule has 9 heteroatoms. The molecule has 0 spiro atoms. The molecular formula is C23H30FN7O. The molecule has 0 radical (unpaired) electrons. The van der Waals surface area contributed by atoms with Crippen LogP contribution in [0.15, 0.2) is 30.6 Å². The van der Waals surface area contributed by atoms with E-state index < -0.39 is 11.7 Å². The van der Waals surface area contributed by atoms with Crippen molar-refractivity contribution in [3.05, 3.63) is 42.0 Å². The Morgan fingerprint density at radius 1 is 1.28 bits per heavy atom. The van der Waals surface area contributed by atoms with Crippen LogP contribution in [0.2, 0.25) is 0 Å². The molecule has 6 N–H and O–H groups in total. The van der Waals surface area contributed by atoms with Gasteiger partial charge in [-0.1, -0.05) is 26.7 Å². The molecule has 1 fully saturated rings. The molecule has 1 aliphatic carbocycles. The highest BCUT2D eigenvalue weighted by molar-refractivity contribution is 6.00. The summed E-state index contributed by atoms with van der Waals surface area (Å²) in [5.41, 5.74) is 13.2. The molecule has 0 aromatic carbocycles. The van der Waals surface area contributed by atoms with Crippen LogP contribution in [0.1, 0.15) is 49.9 Å². The third-order valence-corrected chi connectivity index (χ3v) is 5.86. The van der Waals surface area contributed by atoms with Gasteiger partial charge in [-0.2, -0.15) is 0 Å². The summed E-state index contributed by atoms with van der Waals surface area (Å²) in [5, 5.41) is 7.18. The van der Waals surface area contributed by atoms with Crippen molar-refractivity contribution in [1.82, 2.24) is 14.5 Å². The molecule has 4 rings (SSSR count). The molecule has 1 aliphatic rings. The second kappa shape index (κ2) is 9.12. The Hall–Kier alpha value is -3.20. The summed E-state index contributed by atoms with van der Waals surface area (Å²) in [6.45, 7) is 5.11. The Kier molecular flexibility index (Phi) is 6.27. The molecule has 1 saturated carbocycles. The summed E-state index contributed by atoms with van der Waals surface area (Å²) in [4.78, 5) is 20.9. The third kappa shape index (κ3) is 4.52. The van der Waals surface area contributed by atoms with Crippen LogP contribution in [-0.2, 0) is 6.54 Å². The first-order valence-electron chi connectivity index (χ1n) is 11.1. The van der Waals surface area contributed by atoms with E-state index >= 15 is 0 Å². The number of pyridine rings is 2. The zero-order chi connectivity index (χ0) is 22.8. The molecule has 3 heterocycles. The Morgan fingerprint density at radius 3 is 2.78 bits per heavy atom. The minimum Gasteiger partial charge on any atom is -0.365 e. The number of nitrogens with zero attached hydrogens (tertiary/aromatic N) is 3. The largest absolute Gasteiger partial charge is 0.365 e. The van der Waals surface area contributed by atoms with Crippen LogP contribution in [0.4, 0.5) is 21.7 Å². The highest BCUT2D eigenvalue weighted by atomic mass is 19.1. The van der Waals surface area contributed by atoms with Crippen molar-refractivity contribution >= 4 is 34.3 Å². The van der Waals surface area contributed by atoms with Crippen LogP contribution in [0, 0.1) is 11.7 Å². The number of primary amides is 1. The van der Waals surface area contributed by atoms with Gasteiger partial charge in [0.05, 0.1) is 11.3 Å². The lowest BCUT2D eigenvalue weighted by molar-refractivity contribution is 0.100. The molecule has 2 unspecified atom stereocenters. The summed E-state index contributed by atoms with van der Waals surface area (Å²) in [5.74, 6) is -0.686. The van der Waals surface area contributed by atoms with E-state index in [1.807, 2.05) is 12.3 Å². The van der Waals surface area contributed by atoms with Crippen LogP contribution in [-0.4, -0.2) is 32.5 Å². The number of rotatable bonds is 7. The van der Waals surface area contributed by atoms with E-state index in [-0.39, 0.29) is 29.3 Å². The van der Waals surface area contributed by atoms with E-state index in [2.05, 4.69) is 39.0 Å². The summed E-state index contributed by atoms with van der Waals surface area (Å²) < 4.78 is 16.9. The number of aromatic nitrogens is 3. The van der Waals surface area contributed by atoms with Crippen molar-refractivity contribution in [3.8, 4) is 0 Å². The second-order valence-corrected chi connectivity index (χ2v) is 8.86. The van der Waals surface area contributed by atoms with E-state index in [0.29, 0.717) is 11.6 Å². The lowest BCUT2D eigenvalue weighted by Crippen LogP contribution is -2.43. The Labute approximate surface area is 186 Å². The number of carbonyl (C=O) groups excluding carboxylic acids is 1. The summed E-state index contributed by atoms with van der Waals surface area (Å²) in [6, 6.07) is 4.73. The van der Waals surface area contributed by atoms with Gasteiger partial charge in [0.25, 0.3) is 5.91 Å². The molecule has 1 amide bonds. The molecule has 3 aromatic rings. The minimum atomic E-state index is -0.762. The van der Waals surface area contributed by atoms with Gasteiger partial charge in [-0.05, 0) is 37.0 Å². The lowest BCUT2D eigenvalue weighted by atomic mass is 9.91. The highest BCUT2D eigenvalue weighted by Gasteiger charge is 2.24. The van der Waals surface area contributed by atoms with E-state index in [1.165, 1.54) is 0 Å². The number of nitrogens with one attached hydrogen (secondary N) is 2. The Morgan fingerprint density at radius 2 is 2.06 bits per heavy atom. The fraction of sp³-hybridized carbons (Fsp3) is 0.435. The van der Waals surface area contributed by atoms with Crippen LogP contribution in [0.5, 0.6) is 0 Å². The van der Waals surface area contributed by atoms with Crippen molar-refractivity contribution in [2.75, 3.05) is 10.6 Å². The van der Waals surface area contributed by atoms with Crippen LogP contribution >= 0.6 is 0 Å². The van der Waals surface area contributed by atoms with Crippen LogP contribution < -0.4 is 22.1 Å². The van der Waals surface area contributed by atoms with Gasteiger partial charge in [-0.3, -0.25) is 4.79 Å². The number of hydrogen-bond acceptors (Lipinski definition) is 6. The average Bonchev–Trinajstić information content (AvgIpc) is 3.15. The third-order valence-electron chi connectivity index (χ3n) is 5.86. The Balaban J connectivity index is 1.69. The first-order chi connectivity index (χ1) is 15.3. The summed E-state index contributed by atoms with van der Waals surface area (Å²) in [6.07, 6.45) is 7.49. The quantitative estimate of drug-likeness (QED) is 0.444. The number of carbonyl (C=O) groups is 1. The monoisotopic (exact) mass is 439 g/mol. The lowest BCUT2D eigenvalue weighted by Gasteiger charge is -2.30. The maximum absolute atomic E-state index is 14.8. The molecule has 0 aliphatic heterocycles. The molecule has 3 aromatic heterocycles. The number of amides is 1. The number of halogens is 1. The van der Waals surface area contributed by atoms with Gasteiger partial charge in [-0.15, -0.1) is 0 Å². The topological polar surface area (TPSA) is 124 Å². The van der Waals surface area contributed by atoms with Gasteiger partial charge >= 0.3 is 0 Å². The Bertz CT molecular complexity index is 1130. The normalized spacial score (nSPS) is 18.8. The minimum absolute atomic E-state index is 0.0208. The van der Waals surface area contributed by atoms with Gasteiger partial charge in [0.1, 0.15) is 11.5 Å². The molecular weight excluding hydrogens is 409 g/mol. The van der Waals surface area contributed by atoms with E-state index in [1.54, 1.807) is 12.3 Å². The maximum Gasteiger partial charge on any atom is 0.252 e. The first-order valence-corrected chi connectivity index (χ1v) is 11.1. The van der Waals surface area contributed by atoms with Gasteiger partial charge in [0, 0.05) is 36.4 Å². The number of fused-ring (bicyclic) bond motifs is 1. The molecule has 170 valence electrons. The highest BCUT2D eigenvalue weighted by Crippen LogP contribution is 2.30. The van der Waals surface area contributed by atoms with Gasteiger partial charge in [0.2, 0.25) is 0 Å². The second-order valence-electron chi connectivity index (χ2n) is 8.86. The average molecular weight is 440 g/mol. The molecule has 8 nitrogen and oxygen atoms in total. The van der Waals surface area contributed by atoms with E-state index in [4.69, 9.17) is 11.5 Å². The first kappa shape index (κ1) is 22.0. The van der Waals surface area contributed by atoms with E-state index in [9.17, 15) is 9.18 Å². The van der Waals surface area contributed by atoms with Gasteiger partial charge in [0.15, 0.2) is 11.6 Å². The standard InChI is InChI=1S/C23H30FN7O/c1-13(2)12-31-10-8-14-18(7-9-27-23(14)31)28-21-15(20(26)32)11-16(24)22(30-21)29-19-6-4-3-5-17(19)25/h7-11,13,17,19H,3-6,12,25H2,1-2H3,(H2,26,32)(H2,27,28,29,30). The zero-order valence-electron chi connectivity index (χ0n) is 18.4.